The fourth-order valence-electron chi connectivity index (χ4n) is 3.43. The molecular formula is C19H23NO2S. The van der Waals surface area contributed by atoms with E-state index in [4.69, 9.17) is 0 Å². The Morgan fingerprint density at radius 1 is 1.26 bits per heavy atom. The quantitative estimate of drug-likeness (QED) is 0.806. The first-order valence-corrected chi connectivity index (χ1v) is 9.26. The molecule has 1 aliphatic rings. The molecule has 3 nitrogen and oxygen atoms in total. The molecule has 1 aromatic heterocycles. The maximum atomic E-state index is 11.6. The summed E-state index contributed by atoms with van der Waals surface area (Å²) < 4.78 is 0. The van der Waals surface area contributed by atoms with Gasteiger partial charge in [-0.2, -0.15) is 0 Å². The van der Waals surface area contributed by atoms with Gasteiger partial charge in [0, 0.05) is 5.56 Å². The fourth-order valence-corrected chi connectivity index (χ4v) is 4.47. The highest BCUT2D eigenvalue weighted by Gasteiger charge is 2.21. The molecule has 0 saturated heterocycles. The highest BCUT2D eigenvalue weighted by Crippen LogP contribution is 2.33. The zero-order valence-electron chi connectivity index (χ0n) is 13.5. The number of rotatable bonds is 5. The van der Waals surface area contributed by atoms with E-state index in [1.54, 1.807) is 0 Å². The largest absolute Gasteiger partial charge is 0.477 e. The van der Waals surface area contributed by atoms with Crippen LogP contribution in [0.3, 0.4) is 0 Å². The Labute approximate surface area is 141 Å². The zero-order chi connectivity index (χ0) is 16.2. The highest BCUT2D eigenvalue weighted by atomic mass is 32.1. The van der Waals surface area contributed by atoms with Gasteiger partial charge in [0.1, 0.15) is 9.88 Å². The number of aryl methyl sites for hydroxylation is 2. The summed E-state index contributed by atoms with van der Waals surface area (Å²) in [5.41, 5.74) is 2.95. The zero-order valence-corrected chi connectivity index (χ0v) is 14.4. The van der Waals surface area contributed by atoms with Crippen molar-refractivity contribution < 1.29 is 9.90 Å². The predicted octanol–water partition coefficient (Wildman–Crippen LogP) is 5.33. The highest BCUT2D eigenvalue weighted by molar-refractivity contribution is 7.17. The van der Waals surface area contributed by atoms with Gasteiger partial charge in [0.25, 0.3) is 0 Å². The van der Waals surface area contributed by atoms with Gasteiger partial charge >= 0.3 is 5.97 Å². The maximum absolute atomic E-state index is 11.6. The van der Waals surface area contributed by atoms with Crippen LogP contribution in [0.25, 0.3) is 10.6 Å². The molecule has 1 aliphatic carbocycles. The number of aromatic nitrogens is 1. The topological polar surface area (TPSA) is 50.2 Å². The number of thiazole rings is 1. The number of nitrogens with zero attached hydrogens (tertiary/aromatic N) is 1. The summed E-state index contributed by atoms with van der Waals surface area (Å²) in [7, 11) is 0. The van der Waals surface area contributed by atoms with Crippen LogP contribution in [-0.4, -0.2) is 16.1 Å². The monoisotopic (exact) mass is 329 g/mol. The van der Waals surface area contributed by atoms with Crippen LogP contribution >= 0.6 is 11.3 Å². The van der Waals surface area contributed by atoms with Gasteiger partial charge in [0.05, 0.1) is 5.69 Å². The average Bonchev–Trinajstić information content (AvgIpc) is 2.99. The Hall–Kier alpha value is -1.68. The van der Waals surface area contributed by atoms with E-state index < -0.39 is 5.97 Å². The lowest BCUT2D eigenvalue weighted by Crippen LogP contribution is -2.08. The van der Waals surface area contributed by atoms with Gasteiger partial charge in [-0.1, -0.05) is 56.4 Å². The average molecular weight is 329 g/mol. The molecule has 1 fully saturated rings. The van der Waals surface area contributed by atoms with E-state index in [-0.39, 0.29) is 0 Å². The van der Waals surface area contributed by atoms with Crippen molar-refractivity contribution in [1.82, 2.24) is 4.98 Å². The van der Waals surface area contributed by atoms with Crippen LogP contribution in [0.4, 0.5) is 0 Å². The normalized spacial score (nSPS) is 15.7. The number of carboxylic acid groups (broad SMARTS) is 1. The third-order valence-corrected chi connectivity index (χ3v) is 5.90. The number of hydrogen-bond donors (Lipinski definition) is 1. The van der Waals surface area contributed by atoms with Crippen molar-refractivity contribution in [3.63, 3.8) is 0 Å². The number of aromatic carboxylic acids is 1. The van der Waals surface area contributed by atoms with E-state index in [0.29, 0.717) is 4.88 Å². The molecule has 0 amide bonds. The summed E-state index contributed by atoms with van der Waals surface area (Å²) in [5.74, 6) is -0.102. The number of carbonyl (C=O) groups is 1. The van der Waals surface area contributed by atoms with Crippen molar-refractivity contribution in [2.24, 2.45) is 5.92 Å². The molecule has 3 rings (SSSR count). The molecule has 0 atom stereocenters. The Morgan fingerprint density at radius 2 is 2.00 bits per heavy atom. The smallest absolute Gasteiger partial charge is 0.347 e. The summed E-state index contributed by atoms with van der Waals surface area (Å²) in [6.07, 6.45) is 8.43. The summed E-state index contributed by atoms with van der Waals surface area (Å²) in [4.78, 5) is 16.7. The lowest BCUT2D eigenvalue weighted by Gasteiger charge is -2.20. The van der Waals surface area contributed by atoms with Gasteiger partial charge in [-0.3, -0.25) is 0 Å². The molecule has 2 aromatic rings. The predicted molar refractivity (Wildman–Crippen MR) is 94.1 cm³/mol. The Bertz CT molecular complexity index is 686. The molecule has 23 heavy (non-hydrogen) atoms. The lowest BCUT2D eigenvalue weighted by molar-refractivity contribution is 0.0700. The van der Waals surface area contributed by atoms with Gasteiger partial charge < -0.3 is 5.11 Å². The maximum Gasteiger partial charge on any atom is 0.347 e. The first-order chi connectivity index (χ1) is 11.1. The molecule has 0 bridgehead atoms. The van der Waals surface area contributed by atoms with E-state index in [1.165, 1.54) is 43.4 Å². The van der Waals surface area contributed by atoms with Crippen molar-refractivity contribution in [3.05, 3.63) is 40.4 Å². The van der Waals surface area contributed by atoms with Crippen LogP contribution in [-0.2, 0) is 6.42 Å². The summed E-state index contributed by atoms with van der Waals surface area (Å²) in [6.45, 7) is 2.04. The number of benzene rings is 1. The van der Waals surface area contributed by atoms with Gasteiger partial charge in [-0.15, -0.1) is 11.3 Å². The third-order valence-electron chi connectivity index (χ3n) is 4.78. The van der Waals surface area contributed by atoms with Crippen LogP contribution in [0.1, 0.15) is 59.5 Å². The molecular weight excluding hydrogens is 306 g/mol. The summed E-state index contributed by atoms with van der Waals surface area (Å²) in [5, 5.41) is 10.3. The molecule has 0 radical (unpaired) electrons. The van der Waals surface area contributed by atoms with E-state index in [9.17, 15) is 9.90 Å². The van der Waals surface area contributed by atoms with Crippen molar-refractivity contribution in [1.29, 1.82) is 0 Å². The van der Waals surface area contributed by atoms with Crippen LogP contribution in [0, 0.1) is 12.8 Å². The lowest BCUT2D eigenvalue weighted by atomic mass is 9.86. The molecule has 122 valence electrons. The van der Waals surface area contributed by atoms with Crippen LogP contribution in [0.2, 0.25) is 0 Å². The SMILES string of the molecule is Cc1ccccc1-c1nc(CCC2CCCCC2)c(C(=O)O)s1. The third kappa shape index (κ3) is 3.81. The molecule has 0 unspecified atom stereocenters. The van der Waals surface area contributed by atoms with Gasteiger partial charge in [-0.25, -0.2) is 9.78 Å². The number of hydrogen-bond acceptors (Lipinski definition) is 3. The molecule has 1 saturated carbocycles. The number of carboxylic acids is 1. The van der Waals surface area contributed by atoms with Crippen molar-refractivity contribution >= 4 is 17.3 Å². The van der Waals surface area contributed by atoms with Gasteiger partial charge in [-0.05, 0) is 31.2 Å². The second-order valence-electron chi connectivity index (χ2n) is 6.46. The Morgan fingerprint density at radius 3 is 2.70 bits per heavy atom. The molecule has 1 N–H and O–H groups in total. The molecule has 0 aliphatic heterocycles. The standard InChI is InChI=1S/C19H23NO2S/c1-13-7-5-6-10-15(13)18-20-16(17(23-18)19(21)22)12-11-14-8-3-2-4-9-14/h5-7,10,14H,2-4,8-9,11-12H2,1H3,(H,21,22). The van der Waals surface area contributed by atoms with Crippen molar-refractivity contribution in [3.8, 4) is 10.6 Å². The Balaban J connectivity index is 1.81. The van der Waals surface area contributed by atoms with Crippen LogP contribution in [0.5, 0.6) is 0 Å². The molecule has 1 heterocycles. The summed E-state index contributed by atoms with van der Waals surface area (Å²) in [6, 6.07) is 8.03. The van der Waals surface area contributed by atoms with Crippen molar-refractivity contribution in [2.45, 2.75) is 51.9 Å². The van der Waals surface area contributed by atoms with E-state index >= 15 is 0 Å². The second-order valence-corrected chi connectivity index (χ2v) is 7.46. The first-order valence-electron chi connectivity index (χ1n) is 8.44. The minimum Gasteiger partial charge on any atom is -0.477 e. The van der Waals surface area contributed by atoms with E-state index in [2.05, 4.69) is 4.98 Å². The van der Waals surface area contributed by atoms with Gasteiger partial charge in [0.15, 0.2) is 0 Å². The minimum atomic E-state index is -0.846. The van der Waals surface area contributed by atoms with E-state index in [0.717, 1.165) is 40.6 Å². The van der Waals surface area contributed by atoms with Crippen LogP contribution in [0.15, 0.2) is 24.3 Å². The molecule has 1 aromatic carbocycles. The first kappa shape index (κ1) is 16.2. The molecule has 4 heteroatoms. The van der Waals surface area contributed by atoms with Crippen molar-refractivity contribution in [2.75, 3.05) is 0 Å². The van der Waals surface area contributed by atoms with E-state index in [1.807, 2.05) is 31.2 Å². The summed E-state index contributed by atoms with van der Waals surface area (Å²) >= 11 is 1.31. The second kappa shape index (κ2) is 7.26. The minimum absolute atomic E-state index is 0.416. The molecule has 0 spiro atoms. The Kier molecular flexibility index (Phi) is 5.11. The fraction of sp³-hybridized carbons (Fsp3) is 0.474. The van der Waals surface area contributed by atoms with Crippen LogP contribution < -0.4 is 0 Å². The van der Waals surface area contributed by atoms with Gasteiger partial charge in [0.2, 0.25) is 0 Å².